The number of hydrogen-bond donors (Lipinski definition) is 1. The van der Waals surface area contributed by atoms with Crippen LogP contribution in [0.4, 0.5) is 18.9 Å². The zero-order valence-corrected chi connectivity index (χ0v) is 19.7. The second kappa shape index (κ2) is 8.72. The summed E-state index contributed by atoms with van der Waals surface area (Å²) >= 11 is 1.47. The van der Waals surface area contributed by atoms with E-state index < -0.39 is 17.3 Å². The summed E-state index contributed by atoms with van der Waals surface area (Å²) in [6.45, 7) is 2.18. The molecule has 2 aromatic carbocycles. The van der Waals surface area contributed by atoms with Crippen LogP contribution in [0.5, 0.6) is 0 Å². The highest BCUT2D eigenvalue weighted by molar-refractivity contribution is 7.07. The van der Waals surface area contributed by atoms with Gasteiger partial charge in [-0.05, 0) is 36.4 Å². The van der Waals surface area contributed by atoms with Gasteiger partial charge >= 0.3 is 6.18 Å². The van der Waals surface area contributed by atoms with Crippen molar-refractivity contribution in [3.05, 3.63) is 81.5 Å². The number of aromatic nitrogens is 3. The van der Waals surface area contributed by atoms with Gasteiger partial charge in [0.15, 0.2) is 0 Å². The highest BCUT2D eigenvalue weighted by Gasteiger charge is 2.36. The summed E-state index contributed by atoms with van der Waals surface area (Å²) in [6, 6.07) is 12.8. The van der Waals surface area contributed by atoms with Crippen LogP contribution in [0.15, 0.2) is 70.4 Å². The van der Waals surface area contributed by atoms with Gasteiger partial charge in [-0.25, -0.2) is 4.98 Å². The van der Waals surface area contributed by atoms with E-state index in [1.165, 1.54) is 28.0 Å². The molecular formula is C26H20F3N5OS. The number of anilines is 1. The second-order valence-corrected chi connectivity index (χ2v) is 9.33. The Bertz CT molecular complexity index is 1640. The SMILES string of the molecule is O=c1ccc2cnc3ccc(-c4cscn4)cc3c2n1-c1ccc(N2CCNCC2)c(C(F)(F)F)c1. The molecule has 1 fully saturated rings. The first kappa shape index (κ1) is 22.7. The lowest BCUT2D eigenvalue weighted by molar-refractivity contribution is -0.137. The van der Waals surface area contributed by atoms with Gasteiger partial charge in [-0.3, -0.25) is 14.3 Å². The van der Waals surface area contributed by atoms with Crippen molar-refractivity contribution >= 4 is 38.8 Å². The van der Waals surface area contributed by atoms with Crippen LogP contribution < -0.4 is 15.8 Å². The third-order valence-electron chi connectivity index (χ3n) is 6.45. The van der Waals surface area contributed by atoms with Crippen molar-refractivity contribution in [1.29, 1.82) is 0 Å². The molecule has 0 bridgehead atoms. The Morgan fingerprint density at radius 3 is 2.56 bits per heavy atom. The number of rotatable bonds is 3. The van der Waals surface area contributed by atoms with Crippen molar-refractivity contribution in [3.8, 4) is 16.9 Å². The van der Waals surface area contributed by atoms with Crippen molar-refractivity contribution in [2.24, 2.45) is 0 Å². The summed E-state index contributed by atoms with van der Waals surface area (Å²) in [4.78, 5) is 23.8. The van der Waals surface area contributed by atoms with Crippen LogP contribution in [0.2, 0.25) is 0 Å². The minimum absolute atomic E-state index is 0.123. The summed E-state index contributed by atoms with van der Waals surface area (Å²) < 4.78 is 44.0. The quantitative estimate of drug-likeness (QED) is 0.345. The average molecular weight is 508 g/mol. The summed E-state index contributed by atoms with van der Waals surface area (Å²) in [6.07, 6.45) is -2.94. The number of piperazine rings is 1. The molecule has 10 heteroatoms. The molecule has 3 aromatic heterocycles. The molecule has 0 radical (unpaired) electrons. The van der Waals surface area contributed by atoms with Crippen molar-refractivity contribution in [2.45, 2.75) is 6.18 Å². The second-order valence-electron chi connectivity index (χ2n) is 8.61. The first-order valence-corrected chi connectivity index (χ1v) is 12.3. The summed E-state index contributed by atoms with van der Waals surface area (Å²) in [5.74, 6) is 0. The maximum absolute atomic E-state index is 14.2. The molecule has 5 aromatic rings. The maximum Gasteiger partial charge on any atom is 0.418 e. The van der Waals surface area contributed by atoms with Gasteiger partial charge < -0.3 is 10.2 Å². The Hall–Kier alpha value is -3.76. The van der Waals surface area contributed by atoms with E-state index in [1.807, 2.05) is 23.6 Å². The number of nitrogens with zero attached hydrogens (tertiary/aromatic N) is 4. The van der Waals surface area contributed by atoms with Gasteiger partial charge in [0.1, 0.15) is 0 Å². The van der Waals surface area contributed by atoms with E-state index in [-0.39, 0.29) is 11.4 Å². The smallest absolute Gasteiger partial charge is 0.368 e. The first-order chi connectivity index (χ1) is 17.4. The van der Waals surface area contributed by atoms with Crippen LogP contribution in [-0.2, 0) is 6.18 Å². The molecule has 6 rings (SSSR count). The predicted octanol–water partition coefficient (Wildman–Crippen LogP) is 5.09. The molecule has 182 valence electrons. The van der Waals surface area contributed by atoms with Gasteiger partial charge in [0.05, 0.1) is 33.5 Å². The lowest BCUT2D eigenvalue weighted by Gasteiger charge is -2.32. The summed E-state index contributed by atoms with van der Waals surface area (Å²) in [5.41, 5.74) is 3.60. The predicted molar refractivity (Wildman–Crippen MR) is 136 cm³/mol. The van der Waals surface area contributed by atoms with Gasteiger partial charge in [-0.15, -0.1) is 11.3 Å². The minimum atomic E-state index is -4.58. The fourth-order valence-electron chi connectivity index (χ4n) is 4.75. The first-order valence-electron chi connectivity index (χ1n) is 11.4. The molecule has 6 nitrogen and oxygen atoms in total. The van der Waals surface area contributed by atoms with E-state index in [0.29, 0.717) is 48.0 Å². The number of hydrogen-bond acceptors (Lipinski definition) is 6. The zero-order valence-electron chi connectivity index (χ0n) is 18.9. The third kappa shape index (κ3) is 3.92. The van der Waals surface area contributed by atoms with Crippen LogP contribution in [0.25, 0.3) is 38.8 Å². The summed E-state index contributed by atoms with van der Waals surface area (Å²) in [5, 5.41) is 6.39. The van der Waals surface area contributed by atoms with E-state index in [2.05, 4.69) is 15.3 Å². The molecule has 0 aliphatic carbocycles. The van der Waals surface area contributed by atoms with E-state index in [0.717, 1.165) is 17.3 Å². The van der Waals surface area contributed by atoms with E-state index in [4.69, 9.17) is 0 Å². The number of thiazole rings is 1. The Morgan fingerprint density at radius 1 is 0.972 bits per heavy atom. The van der Waals surface area contributed by atoms with Crippen LogP contribution in [0.3, 0.4) is 0 Å². The molecule has 0 spiro atoms. The number of benzene rings is 2. The zero-order chi connectivity index (χ0) is 24.9. The molecule has 1 aliphatic heterocycles. The molecule has 36 heavy (non-hydrogen) atoms. The molecule has 0 saturated carbocycles. The Balaban J connectivity index is 1.61. The number of alkyl halides is 3. The topological polar surface area (TPSA) is 63.1 Å². The number of nitrogens with one attached hydrogen (secondary N) is 1. The third-order valence-corrected chi connectivity index (χ3v) is 7.03. The van der Waals surface area contributed by atoms with E-state index >= 15 is 0 Å². The van der Waals surface area contributed by atoms with Gasteiger partial charge in [0.25, 0.3) is 5.56 Å². The molecule has 1 N–H and O–H groups in total. The van der Waals surface area contributed by atoms with Crippen molar-refractivity contribution in [1.82, 2.24) is 19.9 Å². The highest BCUT2D eigenvalue weighted by atomic mass is 32.1. The molecule has 0 amide bonds. The molecule has 0 atom stereocenters. The Labute approximate surface area is 207 Å². The Morgan fingerprint density at radius 2 is 1.81 bits per heavy atom. The largest absolute Gasteiger partial charge is 0.418 e. The molecular weight excluding hydrogens is 487 g/mol. The Kier molecular flexibility index (Phi) is 5.50. The summed E-state index contributed by atoms with van der Waals surface area (Å²) in [7, 11) is 0. The van der Waals surface area contributed by atoms with Gasteiger partial charge in [0.2, 0.25) is 0 Å². The van der Waals surface area contributed by atoms with Crippen LogP contribution in [-0.4, -0.2) is 40.7 Å². The lowest BCUT2D eigenvalue weighted by Crippen LogP contribution is -2.44. The monoisotopic (exact) mass is 507 g/mol. The van der Waals surface area contributed by atoms with Crippen LogP contribution in [0.1, 0.15) is 5.56 Å². The van der Waals surface area contributed by atoms with Crippen molar-refractivity contribution in [2.75, 3.05) is 31.1 Å². The number of fused-ring (bicyclic) bond motifs is 3. The van der Waals surface area contributed by atoms with Crippen molar-refractivity contribution in [3.63, 3.8) is 0 Å². The van der Waals surface area contributed by atoms with Gasteiger partial charge in [-0.1, -0.05) is 6.07 Å². The minimum Gasteiger partial charge on any atom is -0.368 e. The number of halogens is 3. The van der Waals surface area contributed by atoms with Gasteiger partial charge in [-0.2, -0.15) is 13.2 Å². The molecule has 1 saturated heterocycles. The molecule has 0 unspecified atom stereocenters. The van der Waals surface area contributed by atoms with E-state index in [1.54, 1.807) is 28.7 Å². The fraction of sp³-hybridized carbons (Fsp3) is 0.192. The maximum atomic E-state index is 14.2. The number of pyridine rings is 2. The van der Waals surface area contributed by atoms with E-state index in [9.17, 15) is 18.0 Å². The highest BCUT2D eigenvalue weighted by Crippen LogP contribution is 2.39. The molecule has 1 aliphatic rings. The van der Waals surface area contributed by atoms with Crippen molar-refractivity contribution < 1.29 is 13.2 Å². The fourth-order valence-corrected chi connectivity index (χ4v) is 5.31. The normalized spacial score (nSPS) is 14.6. The standard InChI is InChI=1S/C26H20F3N5OS/c27-26(28,29)20-12-18(3-5-23(20)33-9-7-30-8-10-33)34-24(35)6-2-17-13-31-21-4-1-16(11-19(21)25(17)34)22-14-36-15-32-22/h1-6,11-15,30H,7-10H2. The van der Waals surface area contributed by atoms with Crippen LogP contribution >= 0.6 is 11.3 Å². The lowest BCUT2D eigenvalue weighted by atomic mass is 10.1. The molecule has 4 heterocycles. The van der Waals surface area contributed by atoms with Gasteiger partial charge in [0, 0.05) is 65.8 Å². The average Bonchev–Trinajstić information content (AvgIpc) is 3.43. The van der Waals surface area contributed by atoms with Crippen LogP contribution in [0, 0.1) is 0 Å².